The van der Waals surface area contributed by atoms with Crippen molar-refractivity contribution in [1.82, 2.24) is 4.90 Å². The summed E-state index contributed by atoms with van der Waals surface area (Å²) in [7, 11) is 1.54. The van der Waals surface area contributed by atoms with Crippen LogP contribution in [0.3, 0.4) is 0 Å². The van der Waals surface area contributed by atoms with E-state index in [9.17, 15) is 9.59 Å². The maximum atomic E-state index is 12.4. The molecule has 2 amide bonds. The van der Waals surface area contributed by atoms with Crippen molar-refractivity contribution in [1.29, 1.82) is 0 Å². The number of benzene rings is 1. The number of hydrogen-bond donors (Lipinski definition) is 0. The van der Waals surface area contributed by atoms with Crippen molar-refractivity contribution in [3.8, 4) is 17.2 Å². The van der Waals surface area contributed by atoms with Crippen LogP contribution in [0.5, 0.6) is 17.2 Å². The molecule has 0 aliphatic carbocycles. The first-order valence-electron chi connectivity index (χ1n) is 7.29. The molecule has 0 spiro atoms. The Morgan fingerprint density at radius 2 is 2.17 bits per heavy atom. The van der Waals surface area contributed by atoms with Crippen molar-refractivity contribution in [3.63, 3.8) is 0 Å². The van der Waals surface area contributed by atoms with E-state index in [2.05, 4.69) is 0 Å². The molecule has 1 fully saturated rings. The molecule has 2 aliphatic heterocycles. The van der Waals surface area contributed by atoms with Crippen molar-refractivity contribution in [2.24, 2.45) is 0 Å². The topological polar surface area (TPSA) is 65.1 Å². The summed E-state index contributed by atoms with van der Waals surface area (Å²) in [5, 5.41) is -0.233. The molecular formula is C16H17NO5S. The summed E-state index contributed by atoms with van der Waals surface area (Å²) in [6.45, 7) is 3.95. The number of carbonyl (C=O) groups excluding carboxylic acids is 2. The minimum absolute atomic E-state index is 0.111. The molecule has 3 rings (SSSR count). The van der Waals surface area contributed by atoms with Gasteiger partial charge in [0.25, 0.3) is 11.1 Å². The van der Waals surface area contributed by atoms with E-state index in [0.29, 0.717) is 22.2 Å². The quantitative estimate of drug-likeness (QED) is 0.787. The lowest BCUT2D eigenvalue weighted by atomic mass is 10.1. The van der Waals surface area contributed by atoms with Crippen LogP contribution in [-0.2, 0) is 4.79 Å². The number of nitrogens with zero attached hydrogens (tertiary/aromatic N) is 1. The minimum Gasteiger partial charge on any atom is -0.493 e. The van der Waals surface area contributed by atoms with Crippen LogP contribution in [0.2, 0.25) is 0 Å². The monoisotopic (exact) mass is 335 g/mol. The van der Waals surface area contributed by atoms with E-state index in [1.54, 1.807) is 18.2 Å². The Morgan fingerprint density at radius 1 is 1.39 bits per heavy atom. The highest BCUT2D eigenvalue weighted by Crippen LogP contribution is 2.43. The third-order valence-electron chi connectivity index (χ3n) is 3.83. The largest absolute Gasteiger partial charge is 0.493 e. The smallest absolute Gasteiger partial charge is 0.293 e. The van der Waals surface area contributed by atoms with Crippen LogP contribution in [0.25, 0.3) is 6.08 Å². The van der Waals surface area contributed by atoms with E-state index in [1.165, 1.54) is 12.0 Å². The standard InChI is InChI=1S/C16H17NO5S/c1-4-9(2)17-15(18)13(23-16(17)19)7-10-5-11(20-3)14-12(6-10)21-8-22-14/h5-7,9H,4,8H2,1-3H3/b13-7+/t9-/m1/s1. The molecule has 1 saturated heterocycles. The maximum absolute atomic E-state index is 12.4. The molecule has 2 aliphatic rings. The van der Waals surface area contributed by atoms with Gasteiger partial charge in [-0.25, -0.2) is 0 Å². The van der Waals surface area contributed by atoms with Crippen LogP contribution in [0.15, 0.2) is 17.0 Å². The molecule has 0 saturated carbocycles. The van der Waals surface area contributed by atoms with Crippen molar-refractivity contribution < 1.29 is 23.8 Å². The average molecular weight is 335 g/mol. The van der Waals surface area contributed by atoms with Gasteiger partial charge in [0.15, 0.2) is 11.5 Å². The third kappa shape index (κ3) is 2.76. The van der Waals surface area contributed by atoms with Gasteiger partial charge >= 0.3 is 0 Å². The molecule has 1 aromatic rings. The number of amides is 2. The van der Waals surface area contributed by atoms with Crippen LogP contribution in [0.4, 0.5) is 4.79 Å². The van der Waals surface area contributed by atoms with Gasteiger partial charge in [-0.05, 0) is 48.9 Å². The van der Waals surface area contributed by atoms with Crippen molar-refractivity contribution in [3.05, 3.63) is 22.6 Å². The lowest BCUT2D eigenvalue weighted by Crippen LogP contribution is -2.36. The lowest BCUT2D eigenvalue weighted by molar-refractivity contribution is -0.124. The summed E-state index contributed by atoms with van der Waals surface area (Å²) >= 11 is 0.953. The highest BCUT2D eigenvalue weighted by atomic mass is 32.2. The van der Waals surface area contributed by atoms with Crippen molar-refractivity contribution in [2.75, 3.05) is 13.9 Å². The highest BCUT2D eigenvalue weighted by molar-refractivity contribution is 8.18. The summed E-state index contributed by atoms with van der Waals surface area (Å²) in [6, 6.07) is 3.41. The Morgan fingerprint density at radius 3 is 2.87 bits per heavy atom. The number of fused-ring (bicyclic) bond motifs is 1. The highest BCUT2D eigenvalue weighted by Gasteiger charge is 2.37. The fourth-order valence-electron chi connectivity index (χ4n) is 2.43. The molecule has 0 aromatic heterocycles. The first-order chi connectivity index (χ1) is 11.0. The Labute approximate surface area is 138 Å². The Balaban J connectivity index is 1.94. The third-order valence-corrected chi connectivity index (χ3v) is 4.72. The first kappa shape index (κ1) is 15.7. The van der Waals surface area contributed by atoms with E-state index < -0.39 is 0 Å². The van der Waals surface area contributed by atoms with Crippen molar-refractivity contribution in [2.45, 2.75) is 26.3 Å². The normalized spacial score (nSPS) is 19.6. The van der Waals surface area contributed by atoms with Crippen LogP contribution in [0.1, 0.15) is 25.8 Å². The number of ether oxygens (including phenoxy) is 3. The number of imide groups is 1. The Kier molecular flexibility index (Phi) is 4.21. The molecule has 23 heavy (non-hydrogen) atoms. The second-order valence-corrected chi connectivity index (χ2v) is 6.26. The van der Waals surface area contributed by atoms with Gasteiger partial charge in [0.2, 0.25) is 12.5 Å². The number of thioether (sulfide) groups is 1. The zero-order valence-electron chi connectivity index (χ0n) is 13.1. The van der Waals surface area contributed by atoms with E-state index in [4.69, 9.17) is 14.2 Å². The minimum atomic E-state index is -0.258. The molecule has 6 nitrogen and oxygen atoms in total. The molecule has 0 unspecified atom stereocenters. The fourth-order valence-corrected chi connectivity index (χ4v) is 3.36. The molecule has 7 heteroatoms. The fraction of sp³-hybridized carbons (Fsp3) is 0.375. The van der Waals surface area contributed by atoms with Gasteiger partial charge in [-0.3, -0.25) is 14.5 Å². The molecule has 0 N–H and O–H groups in total. The lowest BCUT2D eigenvalue weighted by Gasteiger charge is -2.19. The average Bonchev–Trinajstić information content (AvgIpc) is 3.11. The summed E-state index contributed by atoms with van der Waals surface area (Å²) in [4.78, 5) is 26.2. The number of methoxy groups -OCH3 is 1. The first-order valence-corrected chi connectivity index (χ1v) is 8.11. The summed E-state index contributed by atoms with van der Waals surface area (Å²) in [6.07, 6.45) is 2.40. The predicted octanol–water partition coefficient (Wildman–Crippen LogP) is 3.26. The van der Waals surface area contributed by atoms with Crippen LogP contribution in [0, 0.1) is 0 Å². The summed E-state index contributed by atoms with van der Waals surface area (Å²) < 4.78 is 16.0. The predicted molar refractivity (Wildman–Crippen MR) is 86.7 cm³/mol. The maximum Gasteiger partial charge on any atom is 0.293 e. The number of carbonyl (C=O) groups is 2. The molecule has 2 heterocycles. The van der Waals surface area contributed by atoms with E-state index in [0.717, 1.165) is 23.7 Å². The van der Waals surface area contributed by atoms with E-state index in [1.807, 2.05) is 13.8 Å². The summed E-state index contributed by atoms with van der Waals surface area (Å²) in [5.41, 5.74) is 0.723. The second kappa shape index (κ2) is 6.16. The molecule has 0 bridgehead atoms. The second-order valence-electron chi connectivity index (χ2n) is 5.27. The Hall–Kier alpha value is -2.15. The Bertz CT molecular complexity index is 700. The van der Waals surface area contributed by atoms with Gasteiger partial charge < -0.3 is 14.2 Å². The van der Waals surface area contributed by atoms with Crippen LogP contribution < -0.4 is 14.2 Å². The molecule has 0 radical (unpaired) electrons. The molecule has 1 atom stereocenters. The van der Waals surface area contributed by atoms with Gasteiger partial charge in [0.05, 0.1) is 12.0 Å². The number of hydrogen-bond acceptors (Lipinski definition) is 6. The van der Waals surface area contributed by atoms with Crippen LogP contribution >= 0.6 is 11.8 Å². The van der Waals surface area contributed by atoms with Gasteiger partial charge in [-0.15, -0.1) is 0 Å². The van der Waals surface area contributed by atoms with Gasteiger partial charge in [-0.2, -0.15) is 0 Å². The van der Waals surface area contributed by atoms with Gasteiger partial charge in [-0.1, -0.05) is 6.92 Å². The van der Waals surface area contributed by atoms with Crippen molar-refractivity contribution >= 4 is 29.0 Å². The van der Waals surface area contributed by atoms with E-state index in [-0.39, 0.29) is 24.0 Å². The molecule has 1 aromatic carbocycles. The SMILES string of the molecule is CC[C@@H](C)N1C(=O)S/C(=C/c2cc(OC)c3c(c2)OCO3)C1=O. The molecule has 122 valence electrons. The molecular weight excluding hydrogens is 318 g/mol. The van der Waals surface area contributed by atoms with Gasteiger partial charge in [0, 0.05) is 6.04 Å². The van der Waals surface area contributed by atoms with Crippen LogP contribution in [-0.4, -0.2) is 36.0 Å². The van der Waals surface area contributed by atoms with E-state index >= 15 is 0 Å². The van der Waals surface area contributed by atoms with Gasteiger partial charge in [0.1, 0.15) is 0 Å². The summed E-state index contributed by atoms with van der Waals surface area (Å²) in [5.74, 6) is 1.40. The zero-order chi connectivity index (χ0) is 16.6. The number of rotatable bonds is 4. The zero-order valence-corrected chi connectivity index (χ0v) is 13.9.